The zero-order chi connectivity index (χ0) is 13.6. The SMILES string of the molecule is CC(C)(C)OC(=O)N1CC[C@H]2[C@@H](C1)NCC2(F)F. The lowest BCUT2D eigenvalue weighted by Crippen LogP contribution is -2.51. The maximum atomic E-state index is 13.5. The Kier molecular flexibility index (Phi) is 3.25. The normalized spacial score (nSPS) is 31.1. The fourth-order valence-corrected chi connectivity index (χ4v) is 2.55. The number of rotatable bonds is 0. The van der Waals surface area contributed by atoms with Crippen LogP contribution in [0.1, 0.15) is 27.2 Å². The number of carbonyl (C=O) groups excluding carboxylic acids is 1. The number of piperidine rings is 1. The third-order valence-corrected chi connectivity index (χ3v) is 3.41. The number of amides is 1. The fourth-order valence-electron chi connectivity index (χ4n) is 2.55. The number of nitrogens with zero attached hydrogens (tertiary/aromatic N) is 1. The van der Waals surface area contributed by atoms with Gasteiger partial charge in [0.2, 0.25) is 0 Å². The zero-order valence-corrected chi connectivity index (χ0v) is 11.0. The summed E-state index contributed by atoms with van der Waals surface area (Å²) in [6, 6.07) is -0.318. The minimum absolute atomic E-state index is 0.287. The second-order valence-corrected chi connectivity index (χ2v) is 6.07. The molecule has 2 fully saturated rings. The number of likely N-dealkylation sites (tertiary alicyclic amines) is 1. The lowest BCUT2D eigenvalue weighted by atomic mass is 9.90. The number of halogens is 2. The van der Waals surface area contributed by atoms with Gasteiger partial charge in [0.1, 0.15) is 5.60 Å². The van der Waals surface area contributed by atoms with Crippen molar-refractivity contribution >= 4 is 6.09 Å². The van der Waals surface area contributed by atoms with Crippen molar-refractivity contribution in [1.82, 2.24) is 10.2 Å². The van der Waals surface area contributed by atoms with Crippen LogP contribution in [-0.2, 0) is 4.74 Å². The summed E-state index contributed by atoms with van der Waals surface area (Å²) in [4.78, 5) is 13.4. The van der Waals surface area contributed by atoms with Gasteiger partial charge in [0.25, 0.3) is 5.92 Å². The van der Waals surface area contributed by atoms with Gasteiger partial charge in [-0.05, 0) is 27.2 Å². The molecule has 6 heteroatoms. The molecule has 2 saturated heterocycles. The lowest BCUT2D eigenvalue weighted by molar-refractivity contribution is -0.0479. The Hall–Kier alpha value is -0.910. The van der Waals surface area contributed by atoms with Crippen molar-refractivity contribution in [3.63, 3.8) is 0 Å². The first kappa shape index (κ1) is 13.5. The maximum Gasteiger partial charge on any atom is 0.410 e. The van der Waals surface area contributed by atoms with Gasteiger partial charge in [0.15, 0.2) is 0 Å². The van der Waals surface area contributed by atoms with E-state index in [1.807, 2.05) is 0 Å². The zero-order valence-electron chi connectivity index (χ0n) is 11.0. The minimum Gasteiger partial charge on any atom is -0.444 e. The molecule has 2 aliphatic rings. The number of alkyl halides is 2. The molecular weight excluding hydrogens is 242 g/mol. The van der Waals surface area contributed by atoms with E-state index in [1.54, 1.807) is 20.8 Å². The van der Waals surface area contributed by atoms with Gasteiger partial charge in [-0.15, -0.1) is 0 Å². The summed E-state index contributed by atoms with van der Waals surface area (Å²) >= 11 is 0. The Labute approximate surface area is 106 Å². The molecule has 4 nitrogen and oxygen atoms in total. The number of ether oxygens (including phenoxy) is 1. The third-order valence-electron chi connectivity index (χ3n) is 3.41. The van der Waals surface area contributed by atoms with Crippen LogP contribution in [0.5, 0.6) is 0 Å². The van der Waals surface area contributed by atoms with Gasteiger partial charge in [0, 0.05) is 25.0 Å². The van der Waals surface area contributed by atoms with Crippen LogP contribution in [0.25, 0.3) is 0 Å². The van der Waals surface area contributed by atoms with Crippen LogP contribution in [0.3, 0.4) is 0 Å². The van der Waals surface area contributed by atoms with E-state index in [4.69, 9.17) is 4.74 Å². The summed E-state index contributed by atoms with van der Waals surface area (Å²) in [6.45, 7) is 5.73. The first-order valence-electron chi connectivity index (χ1n) is 6.28. The van der Waals surface area contributed by atoms with E-state index in [9.17, 15) is 13.6 Å². The number of carbonyl (C=O) groups is 1. The molecule has 104 valence electrons. The van der Waals surface area contributed by atoms with E-state index < -0.39 is 23.5 Å². The molecule has 18 heavy (non-hydrogen) atoms. The highest BCUT2D eigenvalue weighted by Gasteiger charge is 2.52. The summed E-state index contributed by atoms with van der Waals surface area (Å²) in [5.74, 6) is -3.30. The largest absolute Gasteiger partial charge is 0.444 e. The fraction of sp³-hybridized carbons (Fsp3) is 0.917. The summed E-state index contributed by atoms with van der Waals surface area (Å²) in [5, 5.41) is 2.80. The van der Waals surface area contributed by atoms with Crippen molar-refractivity contribution in [2.75, 3.05) is 19.6 Å². The second kappa shape index (κ2) is 4.33. The van der Waals surface area contributed by atoms with E-state index in [-0.39, 0.29) is 12.6 Å². The van der Waals surface area contributed by atoms with Crippen molar-refractivity contribution in [2.45, 2.75) is 44.8 Å². The van der Waals surface area contributed by atoms with Gasteiger partial charge >= 0.3 is 6.09 Å². The molecule has 0 unspecified atom stereocenters. The van der Waals surface area contributed by atoms with Crippen LogP contribution in [0.2, 0.25) is 0 Å². The smallest absolute Gasteiger partial charge is 0.410 e. The maximum absolute atomic E-state index is 13.5. The summed E-state index contributed by atoms with van der Waals surface area (Å²) in [5.41, 5.74) is -0.555. The Morgan fingerprint density at radius 1 is 1.44 bits per heavy atom. The van der Waals surface area contributed by atoms with Crippen LogP contribution in [0, 0.1) is 5.92 Å². The first-order valence-corrected chi connectivity index (χ1v) is 6.28. The van der Waals surface area contributed by atoms with Crippen molar-refractivity contribution < 1.29 is 18.3 Å². The van der Waals surface area contributed by atoms with E-state index in [0.717, 1.165) is 0 Å². The van der Waals surface area contributed by atoms with E-state index in [0.29, 0.717) is 19.5 Å². The Balaban J connectivity index is 1.95. The van der Waals surface area contributed by atoms with Crippen LogP contribution < -0.4 is 5.32 Å². The molecule has 0 saturated carbocycles. The monoisotopic (exact) mass is 262 g/mol. The molecule has 1 N–H and O–H groups in total. The summed E-state index contributed by atoms with van der Waals surface area (Å²) < 4.78 is 32.2. The third kappa shape index (κ3) is 2.74. The van der Waals surface area contributed by atoms with Gasteiger partial charge in [-0.3, -0.25) is 0 Å². The second-order valence-electron chi connectivity index (χ2n) is 6.07. The summed E-state index contributed by atoms with van der Waals surface area (Å²) in [6.07, 6.45) is -0.0952. The van der Waals surface area contributed by atoms with Crippen molar-refractivity contribution in [1.29, 1.82) is 0 Å². The molecule has 2 atom stereocenters. The average molecular weight is 262 g/mol. The molecule has 0 aliphatic carbocycles. The molecule has 1 amide bonds. The van der Waals surface area contributed by atoms with Crippen molar-refractivity contribution in [3.8, 4) is 0 Å². The molecule has 0 aromatic carbocycles. The Morgan fingerprint density at radius 2 is 2.11 bits per heavy atom. The van der Waals surface area contributed by atoms with Crippen LogP contribution in [0.4, 0.5) is 13.6 Å². The van der Waals surface area contributed by atoms with Gasteiger partial charge in [-0.1, -0.05) is 0 Å². The van der Waals surface area contributed by atoms with Gasteiger partial charge in [-0.25, -0.2) is 13.6 Å². The first-order chi connectivity index (χ1) is 8.19. The molecule has 0 spiro atoms. The predicted octanol–water partition coefficient (Wildman–Crippen LogP) is 1.85. The summed E-state index contributed by atoms with van der Waals surface area (Å²) in [7, 11) is 0. The van der Waals surface area contributed by atoms with Gasteiger partial charge < -0.3 is 15.0 Å². The molecule has 0 bridgehead atoms. The minimum atomic E-state index is -2.65. The molecular formula is C12H20F2N2O2. The average Bonchev–Trinajstić information content (AvgIpc) is 2.52. The lowest BCUT2D eigenvalue weighted by Gasteiger charge is -2.36. The predicted molar refractivity (Wildman–Crippen MR) is 62.7 cm³/mol. The quantitative estimate of drug-likeness (QED) is 0.724. The van der Waals surface area contributed by atoms with Gasteiger partial charge in [0.05, 0.1) is 6.54 Å². The van der Waals surface area contributed by atoms with E-state index in [2.05, 4.69) is 5.32 Å². The Bertz CT molecular complexity index is 341. The Morgan fingerprint density at radius 3 is 2.72 bits per heavy atom. The van der Waals surface area contributed by atoms with E-state index >= 15 is 0 Å². The van der Waals surface area contributed by atoms with E-state index in [1.165, 1.54) is 4.90 Å². The number of nitrogens with one attached hydrogen (secondary N) is 1. The number of fused-ring (bicyclic) bond motifs is 1. The number of hydrogen-bond donors (Lipinski definition) is 1. The molecule has 2 rings (SSSR count). The van der Waals surface area contributed by atoms with Crippen LogP contribution in [-0.4, -0.2) is 48.2 Å². The van der Waals surface area contributed by atoms with Gasteiger partial charge in [-0.2, -0.15) is 0 Å². The topological polar surface area (TPSA) is 41.6 Å². The highest BCUT2D eigenvalue weighted by atomic mass is 19.3. The highest BCUT2D eigenvalue weighted by Crippen LogP contribution is 2.37. The van der Waals surface area contributed by atoms with Crippen LogP contribution in [0.15, 0.2) is 0 Å². The molecule has 0 radical (unpaired) electrons. The molecule has 2 aliphatic heterocycles. The molecule has 0 aromatic rings. The number of hydrogen-bond acceptors (Lipinski definition) is 3. The standard InChI is InChI=1S/C12H20F2N2O2/c1-11(2,3)18-10(17)16-5-4-8-9(6-16)15-7-12(8,13)14/h8-9,15H,4-7H2,1-3H3/t8-,9+/m0/s1. The highest BCUT2D eigenvalue weighted by molar-refractivity contribution is 5.68. The van der Waals surface area contributed by atoms with Crippen LogP contribution >= 0.6 is 0 Å². The molecule has 0 aromatic heterocycles. The molecule has 2 heterocycles. The van der Waals surface area contributed by atoms with Crippen molar-refractivity contribution in [3.05, 3.63) is 0 Å². The van der Waals surface area contributed by atoms with Crippen molar-refractivity contribution in [2.24, 2.45) is 5.92 Å².